The maximum absolute atomic E-state index is 5.61. The quantitative estimate of drug-likeness (QED) is 0.443. The van der Waals surface area contributed by atoms with Crippen molar-refractivity contribution in [2.24, 2.45) is 0 Å². The lowest BCUT2D eigenvalue weighted by molar-refractivity contribution is 0.408. The van der Waals surface area contributed by atoms with Gasteiger partial charge in [0.1, 0.15) is 11.5 Å². The second-order valence-corrected chi connectivity index (χ2v) is 7.55. The van der Waals surface area contributed by atoms with E-state index in [-0.39, 0.29) is 0 Å². The van der Waals surface area contributed by atoms with Crippen LogP contribution in [0, 0.1) is 6.92 Å². The summed E-state index contributed by atoms with van der Waals surface area (Å²) < 4.78 is 11.0. The summed E-state index contributed by atoms with van der Waals surface area (Å²) in [4.78, 5) is 5.70. The SMILES string of the molecule is [CH2]CCSc1ccc(CCCc2ccnc3ccc(OC)cc23)c(OC)c1. The molecule has 0 bridgehead atoms. The first-order valence-corrected chi connectivity index (χ1v) is 10.2. The summed E-state index contributed by atoms with van der Waals surface area (Å²) in [5.74, 6) is 2.88. The molecular formula is C23H26NO2S. The highest BCUT2D eigenvalue weighted by Gasteiger charge is 2.08. The van der Waals surface area contributed by atoms with Gasteiger partial charge in [-0.3, -0.25) is 4.98 Å². The third-order valence-electron chi connectivity index (χ3n) is 4.60. The molecule has 0 fully saturated rings. The van der Waals surface area contributed by atoms with Crippen molar-refractivity contribution >= 4 is 22.7 Å². The first kappa shape index (κ1) is 19.6. The first-order chi connectivity index (χ1) is 13.2. The number of rotatable bonds is 9. The molecule has 1 heterocycles. The summed E-state index contributed by atoms with van der Waals surface area (Å²) in [6.45, 7) is 3.90. The fraction of sp³-hybridized carbons (Fsp3) is 0.304. The van der Waals surface area contributed by atoms with Crippen LogP contribution in [0.4, 0.5) is 0 Å². The van der Waals surface area contributed by atoms with Crippen LogP contribution in [0.3, 0.4) is 0 Å². The van der Waals surface area contributed by atoms with Crippen molar-refractivity contribution < 1.29 is 9.47 Å². The van der Waals surface area contributed by atoms with Crippen molar-refractivity contribution in [2.75, 3.05) is 20.0 Å². The van der Waals surface area contributed by atoms with Crippen LogP contribution in [0.25, 0.3) is 10.9 Å². The first-order valence-electron chi connectivity index (χ1n) is 9.25. The molecule has 0 aliphatic rings. The van der Waals surface area contributed by atoms with Crippen LogP contribution >= 0.6 is 11.8 Å². The van der Waals surface area contributed by atoms with Crippen LogP contribution in [0.2, 0.25) is 0 Å². The van der Waals surface area contributed by atoms with E-state index in [0.29, 0.717) is 0 Å². The molecule has 0 unspecified atom stereocenters. The minimum Gasteiger partial charge on any atom is -0.497 e. The van der Waals surface area contributed by atoms with Gasteiger partial charge in [0.05, 0.1) is 19.7 Å². The molecule has 3 nitrogen and oxygen atoms in total. The average Bonchev–Trinajstić information content (AvgIpc) is 2.72. The van der Waals surface area contributed by atoms with Gasteiger partial charge in [-0.2, -0.15) is 0 Å². The van der Waals surface area contributed by atoms with Crippen molar-refractivity contribution in [2.45, 2.75) is 30.6 Å². The minimum absolute atomic E-state index is 0.869. The molecule has 0 aliphatic heterocycles. The lowest BCUT2D eigenvalue weighted by atomic mass is 10.0. The molecule has 0 N–H and O–H groups in total. The molecule has 3 rings (SSSR count). The van der Waals surface area contributed by atoms with E-state index in [9.17, 15) is 0 Å². The zero-order chi connectivity index (χ0) is 19.1. The van der Waals surface area contributed by atoms with E-state index in [1.807, 2.05) is 30.1 Å². The van der Waals surface area contributed by atoms with Crippen LogP contribution in [0.5, 0.6) is 11.5 Å². The smallest absolute Gasteiger partial charge is 0.123 e. The number of benzene rings is 2. The Morgan fingerprint density at radius 3 is 2.59 bits per heavy atom. The fourth-order valence-electron chi connectivity index (χ4n) is 3.21. The Bertz CT molecular complexity index is 895. The summed E-state index contributed by atoms with van der Waals surface area (Å²) in [5, 5.41) is 1.17. The number of thioether (sulfide) groups is 1. The number of methoxy groups -OCH3 is 2. The van der Waals surface area contributed by atoms with Gasteiger partial charge in [-0.25, -0.2) is 0 Å². The fourth-order valence-corrected chi connectivity index (χ4v) is 3.94. The summed E-state index contributed by atoms with van der Waals surface area (Å²) in [6, 6.07) is 14.7. The van der Waals surface area contributed by atoms with Gasteiger partial charge in [0.15, 0.2) is 0 Å². The molecule has 1 radical (unpaired) electrons. The van der Waals surface area contributed by atoms with Crippen molar-refractivity contribution in [3.8, 4) is 11.5 Å². The highest BCUT2D eigenvalue weighted by atomic mass is 32.2. The van der Waals surface area contributed by atoms with Crippen molar-refractivity contribution in [3.63, 3.8) is 0 Å². The summed E-state index contributed by atoms with van der Waals surface area (Å²) in [5.41, 5.74) is 3.57. The Labute approximate surface area is 166 Å². The van der Waals surface area contributed by atoms with Gasteiger partial charge in [-0.1, -0.05) is 13.0 Å². The number of nitrogens with zero attached hydrogens (tertiary/aromatic N) is 1. The molecule has 1 aromatic heterocycles. The van der Waals surface area contributed by atoms with Crippen molar-refractivity contribution in [3.05, 3.63) is 66.7 Å². The second-order valence-electron chi connectivity index (χ2n) is 6.38. The maximum Gasteiger partial charge on any atom is 0.123 e. The van der Waals surface area contributed by atoms with E-state index in [1.54, 1.807) is 14.2 Å². The Balaban J connectivity index is 1.70. The lowest BCUT2D eigenvalue weighted by Crippen LogP contribution is -1.96. The number of aromatic nitrogens is 1. The number of ether oxygens (including phenoxy) is 2. The Hall–Kier alpha value is -2.20. The largest absolute Gasteiger partial charge is 0.497 e. The molecule has 4 heteroatoms. The van der Waals surface area contributed by atoms with Crippen molar-refractivity contribution in [1.82, 2.24) is 4.98 Å². The zero-order valence-electron chi connectivity index (χ0n) is 16.0. The molecule has 0 aliphatic carbocycles. The molecule has 0 saturated carbocycles. The summed E-state index contributed by atoms with van der Waals surface area (Å²) in [7, 11) is 3.44. The number of hydrogen-bond donors (Lipinski definition) is 0. The lowest BCUT2D eigenvalue weighted by Gasteiger charge is -2.11. The molecule has 27 heavy (non-hydrogen) atoms. The van der Waals surface area contributed by atoms with Gasteiger partial charge >= 0.3 is 0 Å². The number of pyridine rings is 1. The van der Waals surface area contributed by atoms with E-state index >= 15 is 0 Å². The number of aryl methyl sites for hydroxylation is 2. The van der Waals surface area contributed by atoms with E-state index in [2.05, 4.69) is 42.2 Å². The van der Waals surface area contributed by atoms with E-state index < -0.39 is 0 Å². The molecule has 141 valence electrons. The van der Waals surface area contributed by atoms with Crippen molar-refractivity contribution in [1.29, 1.82) is 0 Å². The third-order valence-corrected chi connectivity index (χ3v) is 5.68. The van der Waals surface area contributed by atoms with Crippen LogP contribution in [0.15, 0.2) is 53.6 Å². The Morgan fingerprint density at radius 2 is 1.81 bits per heavy atom. The van der Waals surface area contributed by atoms with Gasteiger partial charge in [-0.05, 0) is 79.0 Å². The molecule has 3 aromatic rings. The maximum atomic E-state index is 5.61. The Kier molecular flexibility index (Phi) is 6.99. The van der Waals surface area contributed by atoms with Crippen LogP contribution in [0.1, 0.15) is 24.0 Å². The molecular weight excluding hydrogens is 354 g/mol. The standard InChI is InChI=1S/C23H26NO2S/c1-4-14-27-20-10-8-18(23(16-20)26-3)7-5-6-17-12-13-24-22-11-9-19(25-2)15-21(17)22/h8-13,15-16H,1,4-7,14H2,2-3H3. The van der Waals surface area contributed by atoms with E-state index in [0.717, 1.165) is 48.5 Å². The summed E-state index contributed by atoms with van der Waals surface area (Å²) >= 11 is 1.82. The zero-order valence-corrected chi connectivity index (χ0v) is 16.8. The molecule has 2 aromatic carbocycles. The molecule has 0 atom stereocenters. The van der Waals surface area contributed by atoms with Gasteiger partial charge < -0.3 is 9.47 Å². The molecule has 0 spiro atoms. The van der Waals surface area contributed by atoms with Gasteiger partial charge in [-0.15, -0.1) is 11.8 Å². The average molecular weight is 381 g/mol. The predicted octanol–water partition coefficient (Wildman–Crippen LogP) is 5.74. The van der Waals surface area contributed by atoms with Gasteiger partial charge in [0.2, 0.25) is 0 Å². The molecule has 0 saturated heterocycles. The number of hydrogen-bond acceptors (Lipinski definition) is 4. The Morgan fingerprint density at radius 1 is 0.963 bits per heavy atom. The van der Waals surface area contributed by atoms with Crippen LogP contribution in [-0.2, 0) is 12.8 Å². The highest BCUT2D eigenvalue weighted by Crippen LogP contribution is 2.29. The molecule has 0 amide bonds. The predicted molar refractivity (Wildman–Crippen MR) is 114 cm³/mol. The minimum atomic E-state index is 0.869. The van der Waals surface area contributed by atoms with Crippen LogP contribution < -0.4 is 9.47 Å². The normalized spacial score (nSPS) is 10.9. The van der Waals surface area contributed by atoms with Gasteiger partial charge in [0, 0.05) is 16.5 Å². The second kappa shape index (κ2) is 9.65. The van der Waals surface area contributed by atoms with Crippen LogP contribution in [-0.4, -0.2) is 25.0 Å². The monoisotopic (exact) mass is 380 g/mol. The van der Waals surface area contributed by atoms with Gasteiger partial charge in [0.25, 0.3) is 0 Å². The topological polar surface area (TPSA) is 31.4 Å². The van der Waals surface area contributed by atoms with E-state index in [4.69, 9.17) is 9.47 Å². The number of fused-ring (bicyclic) bond motifs is 1. The van der Waals surface area contributed by atoms with E-state index in [1.165, 1.54) is 21.4 Å². The highest BCUT2D eigenvalue weighted by molar-refractivity contribution is 7.99. The summed E-state index contributed by atoms with van der Waals surface area (Å²) in [6.07, 6.45) is 5.85. The third kappa shape index (κ3) is 4.95.